The Morgan fingerprint density at radius 2 is 1.88 bits per heavy atom. The molecule has 5 rings (SSSR count). The van der Waals surface area contributed by atoms with E-state index in [1.54, 1.807) is 6.07 Å². The van der Waals surface area contributed by atoms with Crippen LogP contribution in [0.15, 0.2) is 65.1 Å². The van der Waals surface area contributed by atoms with Crippen LogP contribution in [0.2, 0.25) is 0 Å². The van der Waals surface area contributed by atoms with Gasteiger partial charge in [-0.2, -0.15) is 0 Å². The molecule has 0 aliphatic carbocycles. The average molecular weight is 457 g/mol. The molecule has 2 saturated heterocycles. The van der Waals surface area contributed by atoms with Crippen LogP contribution in [0.25, 0.3) is 11.3 Å². The lowest BCUT2D eigenvalue weighted by Gasteiger charge is -2.41. The molecule has 0 unspecified atom stereocenters. The van der Waals surface area contributed by atoms with E-state index >= 15 is 0 Å². The molecule has 1 spiro atoms. The summed E-state index contributed by atoms with van der Waals surface area (Å²) in [5.74, 6) is 1.05. The number of furan rings is 1. The van der Waals surface area contributed by atoms with Crippen molar-refractivity contribution in [2.45, 2.75) is 50.1 Å². The maximum atomic E-state index is 12.9. The lowest BCUT2D eigenvalue weighted by molar-refractivity contribution is -0.274. The Morgan fingerprint density at radius 1 is 1.06 bits per heavy atom. The van der Waals surface area contributed by atoms with Crippen LogP contribution in [-0.4, -0.2) is 25.1 Å². The van der Waals surface area contributed by atoms with Gasteiger partial charge < -0.3 is 19.2 Å². The minimum atomic E-state index is -4.75. The Balaban J connectivity index is 1.51. The first-order chi connectivity index (χ1) is 15.8. The lowest BCUT2D eigenvalue weighted by atomic mass is 9.76. The summed E-state index contributed by atoms with van der Waals surface area (Å²) in [6.45, 7) is 3.17. The fourth-order valence-electron chi connectivity index (χ4n) is 5.29. The lowest BCUT2D eigenvalue weighted by Crippen LogP contribution is -2.48. The van der Waals surface area contributed by atoms with Crippen molar-refractivity contribution < 1.29 is 27.1 Å². The van der Waals surface area contributed by atoms with Gasteiger partial charge in [0.15, 0.2) is 0 Å². The van der Waals surface area contributed by atoms with E-state index in [-0.39, 0.29) is 17.7 Å². The van der Waals surface area contributed by atoms with Gasteiger partial charge in [0.2, 0.25) is 0 Å². The van der Waals surface area contributed by atoms with Crippen LogP contribution in [0.4, 0.5) is 13.2 Å². The number of rotatable bonds is 4. The second kappa shape index (κ2) is 8.54. The van der Waals surface area contributed by atoms with Gasteiger partial charge in [0, 0.05) is 11.5 Å². The van der Waals surface area contributed by atoms with Gasteiger partial charge in [0.1, 0.15) is 17.3 Å². The quantitative estimate of drug-likeness (QED) is 0.484. The summed E-state index contributed by atoms with van der Waals surface area (Å²) in [4.78, 5) is 0. The molecule has 3 atom stereocenters. The van der Waals surface area contributed by atoms with Crippen LogP contribution in [0.3, 0.4) is 0 Å². The largest absolute Gasteiger partial charge is 0.573 e. The third kappa shape index (κ3) is 4.52. The van der Waals surface area contributed by atoms with E-state index in [4.69, 9.17) is 9.15 Å². The van der Waals surface area contributed by atoms with E-state index in [1.165, 1.54) is 12.1 Å². The van der Waals surface area contributed by atoms with Crippen molar-refractivity contribution in [2.24, 2.45) is 0 Å². The van der Waals surface area contributed by atoms with Crippen LogP contribution in [0.1, 0.15) is 48.1 Å². The summed E-state index contributed by atoms with van der Waals surface area (Å²) in [6, 6.07) is 18.4. The van der Waals surface area contributed by atoms with E-state index in [2.05, 4.69) is 22.2 Å². The maximum absolute atomic E-state index is 12.9. The molecule has 33 heavy (non-hydrogen) atoms. The molecular weight excluding hydrogens is 431 g/mol. The number of alkyl halides is 3. The number of piperidine rings is 1. The molecule has 3 aromatic rings. The van der Waals surface area contributed by atoms with Crippen LogP contribution in [0, 0.1) is 6.92 Å². The number of benzene rings is 2. The predicted octanol–water partition coefficient (Wildman–Crippen LogP) is 6.52. The molecule has 7 heteroatoms. The molecule has 2 aliphatic heterocycles. The first-order valence-corrected chi connectivity index (χ1v) is 11.2. The highest BCUT2D eigenvalue weighted by Crippen LogP contribution is 2.50. The summed E-state index contributed by atoms with van der Waals surface area (Å²) < 4.78 is 55.3. The van der Waals surface area contributed by atoms with Gasteiger partial charge in [-0.1, -0.05) is 30.3 Å². The molecule has 2 aromatic carbocycles. The van der Waals surface area contributed by atoms with Crippen LogP contribution >= 0.6 is 0 Å². The molecule has 174 valence electrons. The van der Waals surface area contributed by atoms with Gasteiger partial charge >= 0.3 is 6.36 Å². The van der Waals surface area contributed by atoms with E-state index in [0.29, 0.717) is 18.8 Å². The summed E-state index contributed by atoms with van der Waals surface area (Å²) in [7, 11) is 0. The Kier molecular flexibility index (Phi) is 5.70. The SMILES string of the molecule is Cc1ccc(-c2ccc(OC(F)(F)F)cc2[C@@H]2CO[C@]3(CCCN[C@H]3c3ccccc3)C2)o1. The van der Waals surface area contributed by atoms with Gasteiger partial charge in [-0.25, -0.2) is 0 Å². The number of hydrogen-bond donors (Lipinski definition) is 1. The molecule has 2 fully saturated rings. The number of halogens is 3. The smallest absolute Gasteiger partial charge is 0.461 e. The minimum Gasteiger partial charge on any atom is -0.461 e. The molecule has 0 bridgehead atoms. The predicted molar refractivity (Wildman–Crippen MR) is 118 cm³/mol. The van der Waals surface area contributed by atoms with Gasteiger partial charge in [-0.15, -0.1) is 13.2 Å². The molecule has 0 saturated carbocycles. The fourth-order valence-corrected chi connectivity index (χ4v) is 5.29. The first kappa shape index (κ1) is 22.0. The van der Waals surface area contributed by atoms with Gasteiger partial charge in [0.05, 0.1) is 18.2 Å². The topological polar surface area (TPSA) is 43.6 Å². The average Bonchev–Trinajstić information content (AvgIpc) is 3.40. The Labute approximate surface area is 190 Å². The molecule has 1 N–H and O–H groups in total. The molecule has 1 aromatic heterocycles. The molecule has 4 nitrogen and oxygen atoms in total. The van der Waals surface area contributed by atoms with E-state index in [1.807, 2.05) is 37.3 Å². The van der Waals surface area contributed by atoms with Crippen molar-refractivity contribution in [3.05, 3.63) is 77.6 Å². The van der Waals surface area contributed by atoms with Crippen molar-refractivity contribution in [3.8, 4) is 17.1 Å². The second-order valence-corrected chi connectivity index (χ2v) is 8.89. The van der Waals surface area contributed by atoms with E-state index < -0.39 is 12.0 Å². The molecule has 0 amide bonds. The van der Waals surface area contributed by atoms with Crippen LogP contribution in [-0.2, 0) is 4.74 Å². The Hall–Kier alpha value is -2.77. The Morgan fingerprint density at radius 3 is 2.61 bits per heavy atom. The highest BCUT2D eigenvalue weighted by Gasteiger charge is 2.49. The minimum absolute atomic E-state index is 0.0290. The third-order valence-corrected chi connectivity index (χ3v) is 6.65. The maximum Gasteiger partial charge on any atom is 0.573 e. The zero-order valence-electron chi connectivity index (χ0n) is 18.3. The standard InChI is InChI=1S/C26H26F3NO3/c1-17-8-11-23(32-17)21-10-9-20(33-26(27,28)29)14-22(21)19-15-25(31-16-19)12-5-13-30-24(25)18-6-3-2-4-7-18/h2-4,6-11,14,19,24,30H,5,12-13,15-16H2,1H3/t19-,24-,25+/m0/s1. The summed E-state index contributed by atoms with van der Waals surface area (Å²) in [5, 5.41) is 3.62. The van der Waals surface area contributed by atoms with Crippen molar-refractivity contribution in [1.82, 2.24) is 5.32 Å². The van der Waals surface area contributed by atoms with Gasteiger partial charge in [-0.05, 0) is 74.2 Å². The van der Waals surface area contributed by atoms with E-state index in [9.17, 15) is 13.2 Å². The number of nitrogens with one attached hydrogen (secondary N) is 1. The zero-order valence-corrected chi connectivity index (χ0v) is 18.3. The van der Waals surface area contributed by atoms with Crippen molar-refractivity contribution in [1.29, 1.82) is 0 Å². The number of aryl methyl sites for hydroxylation is 1. The highest BCUT2D eigenvalue weighted by atomic mass is 19.4. The third-order valence-electron chi connectivity index (χ3n) is 6.65. The van der Waals surface area contributed by atoms with Gasteiger partial charge in [0.25, 0.3) is 0 Å². The summed E-state index contributed by atoms with van der Waals surface area (Å²) >= 11 is 0. The summed E-state index contributed by atoms with van der Waals surface area (Å²) in [5.41, 5.74) is 2.26. The number of ether oxygens (including phenoxy) is 2. The Bertz CT molecular complexity index is 1110. The summed E-state index contributed by atoms with van der Waals surface area (Å²) in [6.07, 6.45) is -2.18. The highest BCUT2D eigenvalue weighted by molar-refractivity contribution is 5.65. The van der Waals surface area contributed by atoms with Crippen LogP contribution in [0.5, 0.6) is 5.75 Å². The van der Waals surface area contributed by atoms with Crippen molar-refractivity contribution in [3.63, 3.8) is 0 Å². The first-order valence-electron chi connectivity index (χ1n) is 11.2. The fraction of sp³-hybridized carbons (Fsp3) is 0.385. The zero-order chi connectivity index (χ0) is 23.1. The normalized spacial score (nSPS) is 25.5. The second-order valence-electron chi connectivity index (χ2n) is 8.89. The molecule has 0 radical (unpaired) electrons. The molecule has 2 aliphatic rings. The van der Waals surface area contributed by atoms with Crippen LogP contribution < -0.4 is 10.1 Å². The monoisotopic (exact) mass is 457 g/mol. The van der Waals surface area contributed by atoms with Gasteiger partial charge in [-0.3, -0.25) is 0 Å². The molecule has 3 heterocycles. The van der Waals surface area contributed by atoms with Crippen molar-refractivity contribution in [2.75, 3.05) is 13.2 Å². The molecular formula is C26H26F3NO3. The van der Waals surface area contributed by atoms with Crippen molar-refractivity contribution >= 4 is 0 Å². The van der Waals surface area contributed by atoms with E-state index in [0.717, 1.165) is 41.8 Å². The number of hydrogen-bond acceptors (Lipinski definition) is 4.